The number of carbonyl (C=O) groups excluding carboxylic acids is 1. The molecule has 0 spiro atoms. The molecule has 3 heterocycles. The molecule has 0 unspecified atom stereocenters. The summed E-state index contributed by atoms with van der Waals surface area (Å²) in [6.45, 7) is 7.40. The van der Waals surface area contributed by atoms with E-state index in [-0.39, 0.29) is 12.0 Å². The van der Waals surface area contributed by atoms with Crippen LogP contribution < -0.4 is 4.74 Å². The second kappa shape index (κ2) is 10.3. The second-order valence-electron chi connectivity index (χ2n) is 9.66. The van der Waals surface area contributed by atoms with Gasteiger partial charge in [-0.15, -0.1) is 0 Å². The minimum atomic E-state index is 0.103. The Morgan fingerprint density at radius 3 is 2.63 bits per heavy atom. The van der Waals surface area contributed by atoms with Gasteiger partial charge in [-0.3, -0.25) is 9.69 Å². The van der Waals surface area contributed by atoms with Crippen LogP contribution in [0.1, 0.15) is 45.6 Å². The van der Waals surface area contributed by atoms with Crippen molar-refractivity contribution in [1.29, 1.82) is 0 Å². The third-order valence-electron chi connectivity index (χ3n) is 6.99. The smallest absolute Gasteiger partial charge is 0.255 e. The summed E-state index contributed by atoms with van der Waals surface area (Å²) in [6.07, 6.45) is 1.81. The molecule has 2 aromatic heterocycles. The van der Waals surface area contributed by atoms with Crippen molar-refractivity contribution in [2.75, 3.05) is 20.1 Å². The first kappa shape index (κ1) is 23.6. The van der Waals surface area contributed by atoms with E-state index in [2.05, 4.69) is 71.9 Å². The third kappa shape index (κ3) is 5.29. The molecule has 1 amide bonds. The Balaban J connectivity index is 1.17. The molecular weight excluding hydrogens is 454 g/mol. The Morgan fingerprint density at radius 1 is 1.09 bits per heavy atom. The Hall–Kier alpha value is -3.09. The van der Waals surface area contributed by atoms with Gasteiger partial charge < -0.3 is 14.6 Å². The maximum absolute atomic E-state index is 13.3. The molecule has 2 aromatic carbocycles. The molecule has 1 saturated heterocycles. The van der Waals surface area contributed by atoms with E-state index in [0.29, 0.717) is 13.1 Å². The van der Waals surface area contributed by atoms with Gasteiger partial charge in [0.2, 0.25) is 0 Å². The SMILES string of the molecule is Cc1[nH]c2c(C(=O)N3CCC(Oc4cccc(CN(C)Cc5ccsc5)c4)CC3)cccc2c1C. The zero-order valence-electron chi connectivity index (χ0n) is 20.7. The van der Waals surface area contributed by atoms with Gasteiger partial charge in [-0.05, 0) is 72.6 Å². The number of likely N-dealkylation sites (tertiary alicyclic amines) is 1. The number of H-pyrrole nitrogens is 1. The number of piperidine rings is 1. The lowest BCUT2D eigenvalue weighted by Gasteiger charge is -2.32. The molecule has 1 fully saturated rings. The molecule has 0 aliphatic carbocycles. The standard InChI is InChI=1S/C29H33N3O2S/c1-20-21(2)30-28-26(20)8-5-9-27(28)29(33)32-13-10-24(11-14-32)34-25-7-4-6-22(16-25)17-31(3)18-23-12-15-35-19-23/h4-9,12,15-16,19,24,30H,10-11,13-14,17-18H2,1-3H3. The van der Waals surface area contributed by atoms with E-state index in [1.54, 1.807) is 11.3 Å². The molecule has 1 aliphatic heterocycles. The van der Waals surface area contributed by atoms with Crippen LogP contribution in [0.4, 0.5) is 0 Å². The zero-order chi connectivity index (χ0) is 24.4. The monoisotopic (exact) mass is 487 g/mol. The molecule has 5 rings (SSSR count). The van der Waals surface area contributed by atoms with Gasteiger partial charge in [0.25, 0.3) is 5.91 Å². The molecule has 35 heavy (non-hydrogen) atoms. The summed E-state index contributed by atoms with van der Waals surface area (Å²) in [6, 6.07) is 16.6. The number of nitrogens with zero attached hydrogens (tertiary/aromatic N) is 2. The number of hydrogen-bond acceptors (Lipinski definition) is 4. The van der Waals surface area contributed by atoms with Crippen LogP contribution in [0, 0.1) is 13.8 Å². The first-order valence-corrected chi connectivity index (χ1v) is 13.2. The highest BCUT2D eigenvalue weighted by Crippen LogP contribution is 2.27. The zero-order valence-corrected chi connectivity index (χ0v) is 21.5. The van der Waals surface area contributed by atoms with Crippen molar-refractivity contribution in [2.45, 2.75) is 45.9 Å². The van der Waals surface area contributed by atoms with Gasteiger partial charge in [0.1, 0.15) is 11.9 Å². The maximum Gasteiger partial charge on any atom is 0.255 e. The van der Waals surface area contributed by atoms with E-state index in [1.165, 1.54) is 16.7 Å². The molecule has 4 aromatic rings. The molecule has 0 bridgehead atoms. The van der Waals surface area contributed by atoms with Crippen LogP contribution in [0.5, 0.6) is 5.75 Å². The summed E-state index contributed by atoms with van der Waals surface area (Å²) < 4.78 is 6.35. The Labute approximate surface area is 211 Å². The summed E-state index contributed by atoms with van der Waals surface area (Å²) in [4.78, 5) is 21.0. The van der Waals surface area contributed by atoms with E-state index in [0.717, 1.165) is 53.8 Å². The van der Waals surface area contributed by atoms with Crippen molar-refractivity contribution < 1.29 is 9.53 Å². The van der Waals surface area contributed by atoms with Crippen LogP contribution in [-0.4, -0.2) is 46.9 Å². The number of fused-ring (bicyclic) bond motifs is 1. The highest BCUT2D eigenvalue weighted by molar-refractivity contribution is 7.07. The minimum absolute atomic E-state index is 0.103. The molecule has 0 atom stereocenters. The van der Waals surface area contributed by atoms with Crippen molar-refractivity contribution in [3.05, 3.63) is 87.2 Å². The molecule has 0 saturated carbocycles. The lowest BCUT2D eigenvalue weighted by Crippen LogP contribution is -2.41. The van der Waals surface area contributed by atoms with Crippen LogP contribution in [0.3, 0.4) is 0 Å². The number of nitrogens with one attached hydrogen (secondary N) is 1. The van der Waals surface area contributed by atoms with Gasteiger partial charge in [0.15, 0.2) is 0 Å². The Morgan fingerprint density at radius 2 is 1.86 bits per heavy atom. The summed E-state index contributed by atoms with van der Waals surface area (Å²) in [5.41, 5.74) is 6.64. The van der Waals surface area contributed by atoms with Crippen LogP contribution in [0.25, 0.3) is 10.9 Å². The fourth-order valence-electron chi connectivity index (χ4n) is 4.98. The summed E-state index contributed by atoms with van der Waals surface area (Å²) in [7, 11) is 2.15. The van der Waals surface area contributed by atoms with Gasteiger partial charge in [-0.1, -0.05) is 24.3 Å². The van der Waals surface area contributed by atoms with Crippen LogP contribution in [0.2, 0.25) is 0 Å². The Kier molecular flexibility index (Phi) is 6.93. The van der Waals surface area contributed by atoms with E-state index < -0.39 is 0 Å². The van der Waals surface area contributed by atoms with Gasteiger partial charge in [-0.2, -0.15) is 11.3 Å². The van der Waals surface area contributed by atoms with Crippen molar-refractivity contribution in [3.8, 4) is 5.75 Å². The van der Waals surface area contributed by atoms with E-state index in [9.17, 15) is 4.79 Å². The van der Waals surface area contributed by atoms with Crippen molar-refractivity contribution in [3.63, 3.8) is 0 Å². The topological polar surface area (TPSA) is 48.6 Å². The number of aryl methyl sites for hydroxylation is 2. The van der Waals surface area contributed by atoms with Crippen molar-refractivity contribution in [1.82, 2.24) is 14.8 Å². The number of rotatable bonds is 7. The summed E-state index contributed by atoms with van der Waals surface area (Å²) >= 11 is 1.74. The van der Waals surface area contributed by atoms with E-state index in [1.807, 2.05) is 23.1 Å². The summed E-state index contributed by atoms with van der Waals surface area (Å²) in [5.74, 6) is 1.02. The average molecular weight is 488 g/mol. The predicted molar refractivity (Wildman–Crippen MR) is 143 cm³/mol. The second-order valence-corrected chi connectivity index (χ2v) is 10.4. The number of aromatic nitrogens is 1. The molecule has 1 aliphatic rings. The van der Waals surface area contributed by atoms with Gasteiger partial charge in [0.05, 0.1) is 11.1 Å². The lowest BCUT2D eigenvalue weighted by molar-refractivity contribution is 0.0597. The fraction of sp³-hybridized carbons (Fsp3) is 0.345. The van der Waals surface area contributed by atoms with Crippen LogP contribution >= 0.6 is 11.3 Å². The number of amides is 1. The minimum Gasteiger partial charge on any atom is -0.490 e. The predicted octanol–water partition coefficient (Wildman–Crippen LogP) is 6.16. The number of para-hydroxylation sites is 1. The summed E-state index contributed by atoms with van der Waals surface area (Å²) in [5, 5.41) is 5.46. The van der Waals surface area contributed by atoms with Crippen LogP contribution in [0.15, 0.2) is 59.3 Å². The number of hydrogen-bond donors (Lipinski definition) is 1. The van der Waals surface area contributed by atoms with Crippen LogP contribution in [-0.2, 0) is 13.1 Å². The average Bonchev–Trinajstić information content (AvgIpc) is 3.47. The number of thiophene rings is 1. The molecule has 6 heteroatoms. The van der Waals surface area contributed by atoms with E-state index in [4.69, 9.17) is 4.74 Å². The highest BCUT2D eigenvalue weighted by atomic mass is 32.1. The highest BCUT2D eigenvalue weighted by Gasteiger charge is 2.26. The normalized spacial score (nSPS) is 14.7. The Bertz CT molecular complexity index is 1300. The number of benzene rings is 2. The quantitative estimate of drug-likeness (QED) is 0.340. The third-order valence-corrected chi connectivity index (χ3v) is 7.72. The first-order chi connectivity index (χ1) is 17.0. The number of carbonyl (C=O) groups is 1. The fourth-order valence-corrected chi connectivity index (χ4v) is 5.64. The van der Waals surface area contributed by atoms with Crippen molar-refractivity contribution >= 4 is 28.1 Å². The van der Waals surface area contributed by atoms with Gasteiger partial charge in [0, 0.05) is 50.1 Å². The van der Waals surface area contributed by atoms with E-state index >= 15 is 0 Å². The molecule has 182 valence electrons. The van der Waals surface area contributed by atoms with Gasteiger partial charge >= 0.3 is 0 Å². The number of aromatic amines is 1. The number of ether oxygens (including phenoxy) is 1. The molecular formula is C29H33N3O2S. The molecule has 0 radical (unpaired) electrons. The van der Waals surface area contributed by atoms with Gasteiger partial charge in [-0.25, -0.2) is 0 Å². The molecule has 5 nitrogen and oxygen atoms in total. The maximum atomic E-state index is 13.3. The largest absolute Gasteiger partial charge is 0.490 e. The lowest BCUT2D eigenvalue weighted by atomic mass is 10.0. The molecule has 1 N–H and O–H groups in total. The van der Waals surface area contributed by atoms with Crippen molar-refractivity contribution in [2.24, 2.45) is 0 Å². The first-order valence-electron chi connectivity index (χ1n) is 12.3.